The maximum absolute atomic E-state index is 11.4. The SMILES string of the molecule is CCCCCCCNCCS(=O)(=O)N(C)C. The van der Waals surface area contributed by atoms with Crippen LogP contribution in [0.15, 0.2) is 0 Å². The van der Waals surface area contributed by atoms with E-state index in [1.165, 1.54) is 30.0 Å². The van der Waals surface area contributed by atoms with E-state index in [0.717, 1.165) is 13.0 Å². The van der Waals surface area contributed by atoms with Crippen LogP contribution < -0.4 is 5.32 Å². The quantitative estimate of drug-likeness (QED) is 0.597. The Morgan fingerprint density at radius 3 is 2.19 bits per heavy atom. The third-order valence-electron chi connectivity index (χ3n) is 2.55. The molecular weight excluding hydrogens is 224 g/mol. The molecule has 0 aliphatic heterocycles. The van der Waals surface area contributed by atoms with Crippen LogP contribution in [0.25, 0.3) is 0 Å². The Labute approximate surface area is 100 Å². The second-order valence-electron chi connectivity index (χ2n) is 4.26. The van der Waals surface area contributed by atoms with Gasteiger partial charge in [0.1, 0.15) is 0 Å². The van der Waals surface area contributed by atoms with E-state index in [2.05, 4.69) is 12.2 Å². The minimum atomic E-state index is -3.03. The molecule has 0 fully saturated rings. The minimum Gasteiger partial charge on any atom is -0.316 e. The number of unbranched alkanes of at least 4 members (excludes halogenated alkanes) is 4. The lowest BCUT2D eigenvalue weighted by atomic mass is 10.1. The maximum atomic E-state index is 11.4. The second-order valence-corrected chi connectivity index (χ2v) is 6.56. The Kier molecular flexibility index (Phi) is 8.89. The van der Waals surface area contributed by atoms with Gasteiger partial charge in [0, 0.05) is 20.6 Å². The molecule has 0 saturated heterocycles. The summed E-state index contributed by atoms with van der Waals surface area (Å²) in [5, 5.41) is 3.17. The molecule has 1 N–H and O–H groups in total. The molecular formula is C11H26N2O2S. The van der Waals surface area contributed by atoms with Crippen LogP contribution in [0.3, 0.4) is 0 Å². The highest BCUT2D eigenvalue weighted by Gasteiger charge is 2.11. The Morgan fingerprint density at radius 2 is 1.62 bits per heavy atom. The summed E-state index contributed by atoms with van der Waals surface area (Å²) in [6, 6.07) is 0. The number of sulfonamides is 1. The molecule has 0 amide bonds. The highest BCUT2D eigenvalue weighted by Crippen LogP contribution is 2.01. The zero-order valence-electron chi connectivity index (χ0n) is 10.8. The molecule has 0 aromatic heterocycles. The van der Waals surface area contributed by atoms with Crippen molar-refractivity contribution in [2.45, 2.75) is 39.0 Å². The highest BCUT2D eigenvalue weighted by atomic mass is 32.2. The zero-order valence-corrected chi connectivity index (χ0v) is 11.6. The summed E-state index contributed by atoms with van der Waals surface area (Å²) in [6.45, 7) is 3.67. The largest absolute Gasteiger partial charge is 0.316 e. The first-order valence-electron chi connectivity index (χ1n) is 6.11. The average Bonchev–Trinajstić information content (AvgIpc) is 2.21. The van der Waals surface area contributed by atoms with E-state index in [1.807, 2.05) is 0 Å². The van der Waals surface area contributed by atoms with Gasteiger partial charge in [-0.3, -0.25) is 0 Å². The van der Waals surface area contributed by atoms with E-state index in [9.17, 15) is 8.42 Å². The van der Waals surface area contributed by atoms with Crippen LogP contribution in [0.2, 0.25) is 0 Å². The molecule has 0 aromatic carbocycles. The molecule has 0 aliphatic carbocycles. The van der Waals surface area contributed by atoms with Gasteiger partial charge in [-0.25, -0.2) is 12.7 Å². The van der Waals surface area contributed by atoms with Crippen LogP contribution in [-0.4, -0.2) is 45.7 Å². The molecule has 5 heteroatoms. The first-order valence-corrected chi connectivity index (χ1v) is 7.72. The third-order valence-corrected chi connectivity index (χ3v) is 4.38. The Bertz CT molecular complexity index is 251. The van der Waals surface area contributed by atoms with E-state index in [-0.39, 0.29) is 5.75 Å². The topological polar surface area (TPSA) is 49.4 Å². The summed E-state index contributed by atoms with van der Waals surface area (Å²) in [4.78, 5) is 0. The number of rotatable bonds is 10. The fourth-order valence-electron chi connectivity index (χ4n) is 1.36. The lowest BCUT2D eigenvalue weighted by molar-refractivity contribution is 0.516. The molecule has 0 spiro atoms. The van der Waals surface area contributed by atoms with Crippen molar-refractivity contribution in [3.63, 3.8) is 0 Å². The molecule has 4 nitrogen and oxygen atoms in total. The van der Waals surface area contributed by atoms with Crippen LogP contribution >= 0.6 is 0 Å². The number of nitrogens with zero attached hydrogens (tertiary/aromatic N) is 1. The summed E-state index contributed by atoms with van der Waals surface area (Å²) < 4.78 is 24.1. The summed E-state index contributed by atoms with van der Waals surface area (Å²) >= 11 is 0. The first-order chi connectivity index (χ1) is 7.50. The van der Waals surface area contributed by atoms with Crippen molar-refractivity contribution in [3.8, 4) is 0 Å². The molecule has 0 heterocycles. The molecule has 98 valence electrons. The number of hydrogen-bond acceptors (Lipinski definition) is 3. The second kappa shape index (κ2) is 8.96. The smallest absolute Gasteiger partial charge is 0.214 e. The van der Waals surface area contributed by atoms with E-state index < -0.39 is 10.0 Å². The number of hydrogen-bond donors (Lipinski definition) is 1. The molecule has 16 heavy (non-hydrogen) atoms. The maximum Gasteiger partial charge on any atom is 0.214 e. The van der Waals surface area contributed by atoms with Crippen molar-refractivity contribution in [2.24, 2.45) is 0 Å². The van der Waals surface area contributed by atoms with Crippen molar-refractivity contribution < 1.29 is 8.42 Å². The van der Waals surface area contributed by atoms with Gasteiger partial charge in [-0.2, -0.15) is 0 Å². The molecule has 0 unspecified atom stereocenters. The van der Waals surface area contributed by atoms with Gasteiger partial charge in [0.05, 0.1) is 5.75 Å². The zero-order chi connectivity index (χ0) is 12.4. The Hall–Kier alpha value is -0.130. The van der Waals surface area contributed by atoms with E-state index >= 15 is 0 Å². The van der Waals surface area contributed by atoms with Crippen molar-refractivity contribution in [3.05, 3.63) is 0 Å². The fourth-order valence-corrected chi connectivity index (χ4v) is 2.13. The molecule has 0 bridgehead atoms. The normalized spacial score (nSPS) is 12.2. The molecule has 0 saturated carbocycles. The Balaban J connectivity index is 3.34. The van der Waals surface area contributed by atoms with E-state index in [1.54, 1.807) is 14.1 Å². The summed E-state index contributed by atoms with van der Waals surface area (Å²) in [5.74, 6) is 0.189. The fraction of sp³-hybridized carbons (Fsp3) is 1.00. The first kappa shape index (κ1) is 15.9. The van der Waals surface area contributed by atoms with Crippen LogP contribution in [0.4, 0.5) is 0 Å². The number of nitrogens with one attached hydrogen (secondary N) is 1. The highest BCUT2D eigenvalue weighted by molar-refractivity contribution is 7.89. The van der Waals surface area contributed by atoms with Crippen LogP contribution in [0.5, 0.6) is 0 Å². The summed E-state index contributed by atoms with van der Waals surface area (Å²) in [6.07, 6.45) is 6.22. The van der Waals surface area contributed by atoms with Crippen molar-refractivity contribution in [1.82, 2.24) is 9.62 Å². The van der Waals surface area contributed by atoms with Gasteiger partial charge in [0.2, 0.25) is 10.0 Å². The summed E-state index contributed by atoms with van der Waals surface area (Å²) in [5.41, 5.74) is 0. The molecule has 0 atom stereocenters. The molecule has 0 aliphatic rings. The van der Waals surface area contributed by atoms with Crippen LogP contribution in [0.1, 0.15) is 39.0 Å². The monoisotopic (exact) mass is 250 g/mol. The lowest BCUT2D eigenvalue weighted by Gasteiger charge is -2.11. The predicted molar refractivity (Wildman–Crippen MR) is 69.1 cm³/mol. The van der Waals surface area contributed by atoms with Gasteiger partial charge >= 0.3 is 0 Å². The van der Waals surface area contributed by atoms with Gasteiger partial charge in [-0.05, 0) is 13.0 Å². The van der Waals surface area contributed by atoms with Gasteiger partial charge in [0.25, 0.3) is 0 Å². The van der Waals surface area contributed by atoms with E-state index in [0.29, 0.717) is 6.54 Å². The molecule has 0 aromatic rings. The van der Waals surface area contributed by atoms with Gasteiger partial charge in [-0.1, -0.05) is 32.6 Å². The predicted octanol–water partition coefficient (Wildman–Crippen LogP) is 1.44. The molecule has 0 rings (SSSR count). The standard InChI is InChI=1S/C11H26N2O2S/c1-4-5-6-7-8-9-12-10-11-16(14,15)13(2)3/h12H,4-11H2,1-3H3. The lowest BCUT2D eigenvalue weighted by Crippen LogP contribution is -2.31. The van der Waals surface area contributed by atoms with Gasteiger partial charge < -0.3 is 5.32 Å². The van der Waals surface area contributed by atoms with Gasteiger partial charge in [-0.15, -0.1) is 0 Å². The van der Waals surface area contributed by atoms with Crippen molar-refractivity contribution >= 4 is 10.0 Å². The van der Waals surface area contributed by atoms with E-state index in [4.69, 9.17) is 0 Å². The Morgan fingerprint density at radius 1 is 1.00 bits per heavy atom. The van der Waals surface area contributed by atoms with Crippen LogP contribution in [0, 0.1) is 0 Å². The minimum absolute atomic E-state index is 0.189. The molecule has 0 radical (unpaired) electrons. The van der Waals surface area contributed by atoms with Crippen molar-refractivity contribution in [1.29, 1.82) is 0 Å². The third kappa shape index (κ3) is 8.07. The summed E-state index contributed by atoms with van der Waals surface area (Å²) in [7, 11) is 0.110. The average molecular weight is 250 g/mol. The van der Waals surface area contributed by atoms with Crippen molar-refractivity contribution in [2.75, 3.05) is 32.9 Å². The van der Waals surface area contributed by atoms with Crippen LogP contribution in [-0.2, 0) is 10.0 Å². The van der Waals surface area contributed by atoms with Gasteiger partial charge in [0.15, 0.2) is 0 Å².